The first-order valence-corrected chi connectivity index (χ1v) is 9.08. The maximum atomic E-state index is 12.3. The quantitative estimate of drug-likeness (QED) is 0.849. The van der Waals surface area contributed by atoms with Crippen molar-refractivity contribution in [2.45, 2.75) is 46.1 Å². The van der Waals surface area contributed by atoms with E-state index in [0.717, 1.165) is 16.9 Å². The van der Waals surface area contributed by atoms with E-state index in [-0.39, 0.29) is 17.9 Å². The van der Waals surface area contributed by atoms with Gasteiger partial charge >= 0.3 is 0 Å². The topological polar surface area (TPSA) is 65.4 Å². The second-order valence-corrected chi connectivity index (χ2v) is 7.41. The third-order valence-electron chi connectivity index (χ3n) is 4.50. The number of amides is 1. The van der Waals surface area contributed by atoms with E-state index in [9.17, 15) is 4.79 Å². The van der Waals surface area contributed by atoms with Crippen LogP contribution >= 0.6 is 0 Å². The number of hydrogen-bond donors (Lipinski definition) is 1. The van der Waals surface area contributed by atoms with Gasteiger partial charge in [-0.2, -0.15) is 5.10 Å². The lowest BCUT2D eigenvalue weighted by molar-refractivity contribution is -0.116. The number of carbonyl (C=O) groups excluding carboxylic acids is 1. The van der Waals surface area contributed by atoms with Crippen molar-refractivity contribution >= 4 is 11.7 Å². The SMILES string of the molecule is COc1ccc(C2CC(=O)Nc3c2cnn3C(C)C)cc1OCC(C)C. The predicted molar refractivity (Wildman–Crippen MR) is 101 cm³/mol. The van der Waals surface area contributed by atoms with E-state index < -0.39 is 0 Å². The Morgan fingerprint density at radius 3 is 2.69 bits per heavy atom. The summed E-state index contributed by atoms with van der Waals surface area (Å²) in [6, 6.07) is 6.07. The molecule has 1 amide bonds. The van der Waals surface area contributed by atoms with Crippen LogP contribution in [0.4, 0.5) is 5.82 Å². The largest absolute Gasteiger partial charge is 0.493 e. The van der Waals surface area contributed by atoms with Gasteiger partial charge in [-0.25, -0.2) is 4.68 Å². The molecule has 1 N–H and O–H groups in total. The maximum absolute atomic E-state index is 12.3. The summed E-state index contributed by atoms with van der Waals surface area (Å²) >= 11 is 0. The molecule has 6 heteroatoms. The molecule has 0 saturated heterocycles. The molecule has 0 aliphatic carbocycles. The van der Waals surface area contributed by atoms with Crippen LogP contribution in [0.3, 0.4) is 0 Å². The third kappa shape index (κ3) is 3.54. The van der Waals surface area contributed by atoms with Crippen LogP contribution in [0.2, 0.25) is 0 Å². The van der Waals surface area contributed by atoms with E-state index in [0.29, 0.717) is 30.4 Å². The van der Waals surface area contributed by atoms with Crippen molar-refractivity contribution in [2.75, 3.05) is 19.0 Å². The number of rotatable bonds is 6. The van der Waals surface area contributed by atoms with Crippen LogP contribution in [0.15, 0.2) is 24.4 Å². The highest BCUT2D eigenvalue weighted by Gasteiger charge is 2.31. The number of carbonyl (C=O) groups is 1. The van der Waals surface area contributed by atoms with Gasteiger partial charge in [0, 0.05) is 23.9 Å². The fourth-order valence-electron chi connectivity index (χ4n) is 3.21. The van der Waals surface area contributed by atoms with E-state index in [2.05, 4.69) is 24.3 Å². The van der Waals surface area contributed by atoms with Gasteiger partial charge in [-0.15, -0.1) is 0 Å². The first-order valence-electron chi connectivity index (χ1n) is 9.08. The van der Waals surface area contributed by atoms with Crippen molar-refractivity contribution in [2.24, 2.45) is 5.92 Å². The smallest absolute Gasteiger partial charge is 0.226 e. The van der Waals surface area contributed by atoms with E-state index in [1.54, 1.807) is 7.11 Å². The van der Waals surface area contributed by atoms with Gasteiger partial charge in [-0.05, 0) is 37.5 Å². The van der Waals surface area contributed by atoms with Crippen LogP contribution < -0.4 is 14.8 Å². The number of anilines is 1. The van der Waals surface area contributed by atoms with E-state index in [1.165, 1.54) is 0 Å². The molecule has 1 aliphatic rings. The van der Waals surface area contributed by atoms with Crippen LogP contribution in [0.25, 0.3) is 0 Å². The van der Waals surface area contributed by atoms with Gasteiger partial charge in [-0.1, -0.05) is 19.9 Å². The minimum atomic E-state index is -0.0430. The van der Waals surface area contributed by atoms with Gasteiger partial charge in [0.25, 0.3) is 0 Å². The average molecular weight is 357 g/mol. The first kappa shape index (κ1) is 18.3. The highest BCUT2D eigenvalue weighted by atomic mass is 16.5. The minimum Gasteiger partial charge on any atom is -0.493 e. The summed E-state index contributed by atoms with van der Waals surface area (Å²) in [5.74, 6) is 2.58. The van der Waals surface area contributed by atoms with Crippen LogP contribution in [-0.2, 0) is 4.79 Å². The fourth-order valence-corrected chi connectivity index (χ4v) is 3.21. The van der Waals surface area contributed by atoms with Crippen molar-refractivity contribution in [1.29, 1.82) is 0 Å². The zero-order valence-electron chi connectivity index (χ0n) is 16.1. The monoisotopic (exact) mass is 357 g/mol. The molecule has 1 aromatic heterocycles. The highest BCUT2D eigenvalue weighted by molar-refractivity contribution is 5.94. The third-order valence-corrected chi connectivity index (χ3v) is 4.50. The van der Waals surface area contributed by atoms with Gasteiger partial charge in [-0.3, -0.25) is 4.79 Å². The van der Waals surface area contributed by atoms with Crippen molar-refractivity contribution in [3.8, 4) is 11.5 Å². The van der Waals surface area contributed by atoms with Gasteiger partial charge in [0.2, 0.25) is 5.91 Å². The molecule has 0 radical (unpaired) electrons. The van der Waals surface area contributed by atoms with Crippen LogP contribution in [-0.4, -0.2) is 29.4 Å². The molecule has 1 aromatic carbocycles. The number of nitrogens with zero attached hydrogens (tertiary/aromatic N) is 2. The summed E-state index contributed by atoms with van der Waals surface area (Å²) in [5.41, 5.74) is 2.07. The zero-order chi connectivity index (χ0) is 18.8. The van der Waals surface area contributed by atoms with Crippen LogP contribution in [0.5, 0.6) is 11.5 Å². The molecule has 1 unspecified atom stereocenters. The second kappa shape index (κ2) is 7.40. The Hall–Kier alpha value is -2.50. The van der Waals surface area contributed by atoms with Crippen LogP contribution in [0, 0.1) is 5.92 Å². The molecule has 2 aromatic rings. The molecule has 2 heterocycles. The highest BCUT2D eigenvalue weighted by Crippen LogP contribution is 2.40. The summed E-state index contributed by atoms with van der Waals surface area (Å²) in [6.45, 7) is 8.92. The molecule has 3 rings (SSSR count). The molecule has 1 atom stereocenters. The molecule has 0 fully saturated rings. The number of benzene rings is 1. The summed E-state index contributed by atoms with van der Waals surface area (Å²) in [6.07, 6.45) is 2.26. The Morgan fingerprint density at radius 2 is 2.04 bits per heavy atom. The van der Waals surface area contributed by atoms with Crippen molar-refractivity contribution in [3.63, 3.8) is 0 Å². The average Bonchev–Trinajstić information content (AvgIpc) is 3.02. The zero-order valence-corrected chi connectivity index (χ0v) is 16.1. The molecule has 6 nitrogen and oxygen atoms in total. The minimum absolute atomic E-state index is 0.00497. The Morgan fingerprint density at radius 1 is 1.27 bits per heavy atom. The van der Waals surface area contributed by atoms with Crippen molar-refractivity contribution in [3.05, 3.63) is 35.5 Å². The molecule has 0 bridgehead atoms. The normalized spacial score (nSPS) is 16.6. The number of methoxy groups -OCH3 is 1. The standard InChI is InChI=1S/C20H27N3O3/c1-12(2)11-26-18-8-14(6-7-17(18)25-5)15-9-19(24)22-20-16(15)10-21-23(20)13(3)4/h6-8,10,12-13,15H,9,11H2,1-5H3,(H,22,24). The Labute approximate surface area is 154 Å². The van der Waals surface area contributed by atoms with Crippen molar-refractivity contribution < 1.29 is 14.3 Å². The van der Waals surface area contributed by atoms with Gasteiger partial charge < -0.3 is 14.8 Å². The Balaban J connectivity index is 1.99. The van der Waals surface area contributed by atoms with Crippen molar-refractivity contribution in [1.82, 2.24) is 9.78 Å². The number of aromatic nitrogens is 2. The van der Waals surface area contributed by atoms with Gasteiger partial charge in [0.1, 0.15) is 5.82 Å². The molecular weight excluding hydrogens is 330 g/mol. The number of fused-ring (bicyclic) bond motifs is 1. The van der Waals surface area contributed by atoms with Gasteiger partial charge in [0.05, 0.1) is 19.9 Å². The van der Waals surface area contributed by atoms with Gasteiger partial charge in [0.15, 0.2) is 11.5 Å². The summed E-state index contributed by atoms with van der Waals surface area (Å²) < 4.78 is 13.2. The number of nitrogens with one attached hydrogen (secondary N) is 1. The molecule has 0 saturated carbocycles. The molecule has 140 valence electrons. The van der Waals surface area contributed by atoms with E-state index >= 15 is 0 Å². The Kier molecular flexibility index (Phi) is 5.20. The lowest BCUT2D eigenvalue weighted by Crippen LogP contribution is -2.25. The molecule has 1 aliphatic heterocycles. The fraction of sp³-hybridized carbons (Fsp3) is 0.500. The summed E-state index contributed by atoms with van der Waals surface area (Å²) in [5, 5.41) is 7.44. The lowest BCUT2D eigenvalue weighted by atomic mass is 9.87. The maximum Gasteiger partial charge on any atom is 0.226 e. The predicted octanol–water partition coefficient (Wildman–Crippen LogP) is 3.98. The first-order chi connectivity index (χ1) is 12.4. The summed E-state index contributed by atoms with van der Waals surface area (Å²) in [4.78, 5) is 12.3. The lowest BCUT2D eigenvalue weighted by Gasteiger charge is -2.25. The molecular formula is C20H27N3O3. The number of ether oxygens (including phenoxy) is 2. The second-order valence-electron chi connectivity index (χ2n) is 7.41. The molecule has 26 heavy (non-hydrogen) atoms. The van der Waals surface area contributed by atoms with Crippen LogP contribution in [0.1, 0.15) is 57.2 Å². The molecule has 0 spiro atoms. The number of hydrogen-bond acceptors (Lipinski definition) is 4. The Bertz CT molecular complexity index is 796. The van der Waals surface area contributed by atoms with E-state index in [4.69, 9.17) is 9.47 Å². The summed E-state index contributed by atoms with van der Waals surface area (Å²) in [7, 11) is 1.63. The van der Waals surface area contributed by atoms with E-state index in [1.807, 2.05) is 42.9 Å².